The van der Waals surface area contributed by atoms with Crippen molar-refractivity contribution in [3.8, 4) is 0 Å². The third kappa shape index (κ3) is 1.30. The Morgan fingerprint density at radius 1 is 1.45 bits per heavy atom. The fourth-order valence-corrected chi connectivity index (χ4v) is 2.76. The molecule has 2 atom stereocenters. The molecule has 2 fully saturated rings. The predicted octanol–water partition coefficient (Wildman–Crippen LogP) is -1.75. The van der Waals surface area contributed by atoms with Crippen LogP contribution in [0.15, 0.2) is 0 Å². The van der Waals surface area contributed by atoms with Gasteiger partial charge in [0.25, 0.3) is 0 Å². The van der Waals surface area contributed by atoms with Gasteiger partial charge < -0.3 is 10.2 Å². The number of hydrogen-bond acceptors (Lipinski definition) is 0. The first kappa shape index (κ1) is 7.56. The Bertz CT molecular complexity index is 138. The summed E-state index contributed by atoms with van der Waals surface area (Å²) in [4.78, 5) is 1.83. The maximum absolute atomic E-state index is 2.50. The van der Waals surface area contributed by atoms with Crippen molar-refractivity contribution in [1.29, 1.82) is 0 Å². The molecule has 0 aliphatic carbocycles. The van der Waals surface area contributed by atoms with E-state index in [2.05, 4.69) is 12.2 Å². The monoisotopic (exact) mass is 156 g/mol. The van der Waals surface area contributed by atoms with Crippen molar-refractivity contribution in [2.45, 2.75) is 19.8 Å². The van der Waals surface area contributed by atoms with Gasteiger partial charge in [-0.25, -0.2) is 0 Å². The molecule has 2 heterocycles. The fraction of sp³-hybridized carbons (Fsp3) is 1.00. The van der Waals surface area contributed by atoms with Gasteiger partial charge in [-0.2, -0.15) is 0 Å². The highest BCUT2D eigenvalue weighted by Crippen LogP contribution is 2.26. The number of likely N-dealkylation sites (tertiary alicyclic amines) is 1. The topological polar surface area (TPSA) is 21.1 Å². The van der Waals surface area contributed by atoms with Crippen molar-refractivity contribution in [3.63, 3.8) is 0 Å². The Balaban J connectivity index is 1.96. The third-order valence-corrected chi connectivity index (χ3v) is 3.59. The summed E-state index contributed by atoms with van der Waals surface area (Å²) in [6.45, 7) is 9.34. The molecular weight excluding hydrogens is 136 g/mol. The lowest BCUT2D eigenvalue weighted by molar-refractivity contribution is -0.889. The van der Waals surface area contributed by atoms with E-state index < -0.39 is 0 Å². The van der Waals surface area contributed by atoms with Gasteiger partial charge in [0.15, 0.2) is 0 Å². The van der Waals surface area contributed by atoms with E-state index in [0.717, 1.165) is 5.41 Å². The molecule has 2 aliphatic heterocycles. The zero-order valence-corrected chi connectivity index (χ0v) is 7.53. The molecule has 2 rings (SSSR count). The Kier molecular flexibility index (Phi) is 1.90. The molecule has 0 aromatic carbocycles. The summed E-state index contributed by atoms with van der Waals surface area (Å²) in [5, 5.41) is 2.50. The van der Waals surface area contributed by atoms with E-state index in [9.17, 15) is 0 Å². The molecule has 64 valence electrons. The van der Waals surface area contributed by atoms with Gasteiger partial charge in [0.1, 0.15) is 0 Å². The molecule has 2 aliphatic rings. The minimum atomic E-state index is 0.769. The standard InChI is InChI=1S/C9H18N2/c1-2-11-6-4-9(8-11)3-5-10-7-9/h10H,2-8H2,1H3/p+2/t9-/m1/s1. The van der Waals surface area contributed by atoms with Gasteiger partial charge in [0.05, 0.1) is 38.1 Å². The van der Waals surface area contributed by atoms with Crippen LogP contribution in [0.25, 0.3) is 0 Å². The van der Waals surface area contributed by atoms with Crippen LogP contribution in [0.4, 0.5) is 0 Å². The van der Waals surface area contributed by atoms with E-state index in [4.69, 9.17) is 0 Å². The van der Waals surface area contributed by atoms with E-state index >= 15 is 0 Å². The molecular formula is C9H20N2+2. The normalized spacial score (nSPS) is 43.9. The molecule has 1 spiro atoms. The summed E-state index contributed by atoms with van der Waals surface area (Å²) in [6, 6.07) is 0. The number of quaternary nitrogens is 2. The van der Waals surface area contributed by atoms with Crippen molar-refractivity contribution in [2.75, 3.05) is 32.7 Å². The van der Waals surface area contributed by atoms with Gasteiger partial charge >= 0.3 is 0 Å². The summed E-state index contributed by atoms with van der Waals surface area (Å²) in [7, 11) is 0. The Morgan fingerprint density at radius 2 is 2.36 bits per heavy atom. The van der Waals surface area contributed by atoms with Crippen LogP contribution < -0.4 is 10.2 Å². The highest BCUT2D eigenvalue weighted by Gasteiger charge is 2.45. The second kappa shape index (κ2) is 2.76. The van der Waals surface area contributed by atoms with E-state index in [1.807, 2.05) is 4.90 Å². The highest BCUT2D eigenvalue weighted by atomic mass is 15.2. The van der Waals surface area contributed by atoms with Gasteiger partial charge in [-0.15, -0.1) is 0 Å². The third-order valence-electron chi connectivity index (χ3n) is 3.59. The largest absolute Gasteiger partial charge is 0.346 e. The molecule has 0 bridgehead atoms. The molecule has 0 aromatic rings. The van der Waals surface area contributed by atoms with Crippen LogP contribution in [0, 0.1) is 5.41 Å². The number of rotatable bonds is 1. The fourth-order valence-electron chi connectivity index (χ4n) is 2.76. The minimum Gasteiger partial charge on any atom is -0.346 e. The zero-order valence-electron chi connectivity index (χ0n) is 7.53. The van der Waals surface area contributed by atoms with E-state index in [1.165, 1.54) is 45.6 Å². The van der Waals surface area contributed by atoms with Gasteiger partial charge in [0.2, 0.25) is 0 Å². The maximum Gasteiger partial charge on any atom is 0.0887 e. The molecule has 1 unspecified atom stereocenters. The average Bonchev–Trinajstić information content (AvgIpc) is 2.62. The lowest BCUT2D eigenvalue weighted by Gasteiger charge is -2.16. The van der Waals surface area contributed by atoms with Crippen LogP contribution in [0.5, 0.6) is 0 Å². The van der Waals surface area contributed by atoms with Gasteiger partial charge in [-0.05, 0) is 6.92 Å². The molecule has 0 amide bonds. The SMILES string of the molecule is CC[NH+]1CC[C@@]2(CC[NH2+]C2)C1. The zero-order chi connectivity index (χ0) is 7.73. The van der Waals surface area contributed by atoms with E-state index in [0.29, 0.717) is 0 Å². The molecule has 0 aromatic heterocycles. The lowest BCUT2D eigenvalue weighted by Crippen LogP contribution is -3.10. The molecule has 11 heavy (non-hydrogen) atoms. The van der Waals surface area contributed by atoms with Crippen LogP contribution in [0.2, 0.25) is 0 Å². The summed E-state index contributed by atoms with van der Waals surface area (Å²) < 4.78 is 0. The van der Waals surface area contributed by atoms with Crippen LogP contribution in [-0.4, -0.2) is 32.7 Å². The van der Waals surface area contributed by atoms with Crippen LogP contribution in [0.1, 0.15) is 19.8 Å². The summed E-state index contributed by atoms with van der Waals surface area (Å²) in [5.74, 6) is 0. The van der Waals surface area contributed by atoms with E-state index in [1.54, 1.807) is 0 Å². The quantitative estimate of drug-likeness (QED) is 0.449. The number of hydrogen-bond donors (Lipinski definition) is 2. The van der Waals surface area contributed by atoms with Crippen molar-refractivity contribution >= 4 is 0 Å². The lowest BCUT2D eigenvalue weighted by atomic mass is 9.87. The van der Waals surface area contributed by atoms with Crippen LogP contribution in [0.3, 0.4) is 0 Å². The Labute approximate surface area is 69.0 Å². The number of nitrogens with two attached hydrogens (primary N) is 1. The van der Waals surface area contributed by atoms with Gasteiger partial charge in [0, 0.05) is 12.8 Å². The number of nitrogens with one attached hydrogen (secondary N) is 1. The summed E-state index contributed by atoms with van der Waals surface area (Å²) in [6.07, 6.45) is 2.98. The van der Waals surface area contributed by atoms with Crippen molar-refractivity contribution in [2.24, 2.45) is 5.41 Å². The maximum atomic E-state index is 2.50. The molecule has 2 nitrogen and oxygen atoms in total. The first-order valence-corrected chi connectivity index (χ1v) is 5.00. The highest BCUT2D eigenvalue weighted by molar-refractivity contribution is 4.83. The van der Waals surface area contributed by atoms with Crippen LogP contribution >= 0.6 is 0 Å². The smallest absolute Gasteiger partial charge is 0.0887 e. The summed E-state index contributed by atoms with van der Waals surface area (Å²) >= 11 is 0. The molecule has 0 radical (unpaired) electrons. The minimum absolute atomic E-state index is 0.769. The van der Waals surface area contributed by atoms with Crippen molar-refractivity contribution in [1.82, 2.24) is 0 Å². The van der Waals surface area contributed by atoms with Crippen LogP contribution in [-0.2, 0) is 0 Å². The first-order valence-electron chi connectivity index (χ1n) is 5.00. The Morgan fingerprint density at radius 3 is 2.91 bits per heavy atom. The summed E-state index contributed by atoms with van der Waals surface area (Å²) in [5.41, 5.74) is 0.769. The van der Waals surface area contributed by atoms with Gasteiger partial charge in [-0.3, -0.25) is 0 Å². The van der Waals surface area contributed by atoms with Crippen molar-refractivity contribution < 1.29 is 10.2 Å². The van der Waals surface area contributed by atoms with E-state index in [-0.39, 0.29) is 0 Å². The predicted molar refractivity (Wildman–Crippen MR) is 44.6 cm³/mol. The second-order valence-corrected chi connectivity index (χ2v) is 4.31. The molecule has 3 N–H and O–H groups in total. The first-order chi connectivity index (χ1) is 5.35. The van der Waals surface area contributed by atoms with Gasteiger partial charge in [-0.1, -0.05) is 0 Å². The molecule has 2 heteroatoms. The van der Waals surface area contributed by atoms with Crippen molar-refractivity contribution in [3.05, 3.63) is 0 Å². The Hall–Kier alpha value is -0.0800. The molecule has 2 saturated heterocycles. The molecule has 0 saturated carbocycles. The second-order valence-electron chi connectivity index (χ2n) is 4.31. The average molecular weight is 156 g/mol.